The minimum Gasteiger partial charge on any atom is -0.414 e. The molecule has 1 aromatic rings. The molecule has 31 heavy (non-hydrogen) atoms. The van der Waals surface area contributed by atoms with Crippen molar-refractivity contribution in [2.45, 2.75) is 102 Å². The van der Waals surface area contributed by atoms with Crippen LogP contribution in [0.2, 0.25) is 36.3 Å². The Morgan fingerprint density at radius 2 is 1.61 bits per heavy atom. The van der Waals surface area contributed by atoms with Gasteiger partial charge in [0.25, 0.3) is 5.56 Å². The molecule has 2 heterocycles. The van der Waals surface area contributed by atoms with Gasteiger partial charge in [-0.1, -0.05) is 41.5 Å². The van der Waals surface area contributed by atoms with E-state index in [1.54, 1.807) is 0 Å². The van der Waals surface area contributed by atoms with Crippen molar-refractivity contribution < 1.29 is 18.0 Å². The maximum atomic E-state index is 15.7. The predicted molar refractivity (Wildman–Crippen MR) is 125 cm³/mol. The first-order chi connectivity index (χ1) is 13.9. The average molecular weight is 476 g/mol. The van der Waals surface area contributed by atoms with Crippen molar-refractivity contribution in [3.8, 4) is 0 Å². The van der Waals surface area contributed by atoms with Crippen molar-refractivity contribution in [2.75, 3.05) is 6.61 Å². The Labute approximate surface area is 186 Å². The van der Waals surface area contributed by atoms with Gasteiger partial charge < -0.3 is 13.6 Å². The first-order valence-corrected chi connectivity index (χ1v) is 16.6. The lowest BCUT2D eigenvalue weighted by atomic mass is 10.1. The third-order valence-corrected chi connectivity index (χ3v) is 16.0. The van der Waals surface area contributed by atoms with Gasteiger partial charge in [-0.25, -0.2) is 9.18 Å². The highest BCUT2D eigenvalue weighted by Gasteiger charge is 2.52. The van der Waals surface area contributed by atoms with Gasteiger partial charge in [-0.05, 0) is 36.3 Å². The summed E-state index contributed by atoms with van der Waals surface area (Å²) in [6.07, 6.45) is -3.03. The molecule has 0 bridgehead atoms. The minimum absolute atomic E-state index is 0.00817. The number of nitrogens with zero attached hydrogens (tertiary/aromatic N) is 1. The molecule has 1 fully saturated rings. The van der Waals surface area contributed by atoms with E-state index in [0.29, 0.717) is 0 Å². The van der Waals surface area contributed by atoms with Gasteiger partial charge in [0.15, 0.2) is 29.0 Å². The number of hydrogen-bond donors (Lipinski definition) is 1. The Hall–Kier alpha value is -1.08. The number of aromatic nitrogens is 2. The lowest BCUT2D eigenvalue weighted by Gasteiger charge is -2.40. The molecule has 1 aromatic heterocycles. The Bertz CT molecular complexity index is 885. The molecular weight excluding hydrogens is 436 g/mol. The summed E-state index contributed by atoms with van der Waals surface area (Å²) in [5.74, 6) is 0. The molecule has 0 spiro atoms. The highest BCUT2D eigenvalue weighted by Crippen LogP contribution is 2.43. The molecule has 0 saturated carbocycles. The molecule has 2 rings (SSSR count). The van der Waals surface area contributed by atoms with Crippen LogP contribution in [0.4, 0.5) is 4.39 Å². The van der Waals surface area contributed by atoms with Crippen LogP contribution in [0.1, 0.15) is 47.8 Å². The Balaban J connectivity index is 2.37. The second-order valence-electron chi connectivity index (χ2n) is 11.4. The van der Waals surface area contributed by atoms with Crippen LogP contribution in [0.25, 0.3) is 0 Å². The summed E-state index contributed by atoms with van der Waals surface area (Å²) in [6.45, 7) is 21.2. The van der Waals surface area contributed by atoms with Crippen LogP contribution in [0.3, 0.4) is 0 Å². The zero-order chi connectivity index (χ0) is 24.0. The molecule has 0 aromatic carbocycles. The van der Waals surface area contributed by atoms with E-state index >= 15 is 4.39 Å². The summed E-state index contributed by atoms with van der Waals surface area (Å²) in [6, 6.07) is 1.18. The van der Waals surface area contributed by atoms with Gasteiger partial charge in [0.2, 0.25) is 0 Å². The second kappa shape index (κ2) is 8.70. The summed E-state index contributed by atoms with van der Waals surface area (Å²) in [4.78, 5) is 25.9. The molecule has 1 N–H and O–H groups in total. The van der Waals surface area contributed by atoms with E-state index in [-0.39, 0.29) is 16.7 Å². The number of alkyl halides is 1. The molecule has 10 heteroatoms. The molecule has 1 aliphatic heterocycles. The number of halogens is 1. The molecule has 7 nitrogen and oxygen atoms in total. The van der Waals surface area contributed by atoms with E-state index in [4.69, 9.17) is 13.6 Å². The van der Waals surface area contributed by atoms with Crippen molar-refractivity contribution in [1.29, 1.82) is 0 Å². The van der Waals surface area contributed by atoms with Gasteiger partial charge in [-0.15, -0.1) is 0 Å². The summed E-state index contributed by atoms with van der Waals surface area (Å²) >= 11 is 0. The first kappa shape index (κ1) is 26.2. The van der Waals surface area contributed by atoms with Gasteiger partial charge in [-0.3, -0.25) is 14.3 Å². The first-order valence-electron chi connectivity index (χ1n) is 10.8. The molecule has 4 atom stereocenters. The zero-order valence-corrected chi connectivity index (χ0v) is 22.5. The summed E-state index contributed by atoms with van der Waals surface area (Å²) in [5, 5.41) is -0.129. The smallest absolute Gasteiger partial charge is 0.330 e. The number of H-pyrrole nitrogens is 1. The average Bonchev–Trinajstić information content (AvgIpc) is 2.87. The molecule has 0 unspecified atom stereocenters. The van der Waals surface area contributed by atoms with Crippen LogP contribution in [-0.2, 0) is 13.6 Å². The molecule has 1 aliphatic rings. The quantitative estimate of drug-likeness (QED) is 0.624. The van der Waals surface area contributed by atoms with Gasteiger partial charge in [0, 0.05) is 12.3 Å². The monoisotopic (exact) mass is 475 g/mol. The highest BCUT2D eigenvalue weighted by molar-refractivity contribution is 6.74. The Morgan fingerprint density at radius 1 is 1.06 bits per heavy atom. The third-order valence-electron chi connectivity index (χ3n) is 7.04. The maximum Gasteiger partial charge on any atom is 0.330 e. The molecule has 0 amide bonds. The van der Waals surface area contributed by atoms with E-state index in [2.05, 4.69) is 72.7 Å². The van der Waals surface area contributed by atoms with Gasteiger partial charge >= 0.3 is 5.69 Å². The number of nitrogens with one attached hydrogen (secondary N) is 1. The van der Waals surface area contributed by atoms with E-state index in [9.17, 15) is 9.59 Å². The summed E-state index contributed by atoms with van der Waals surface area (Å²) < 4.78 is 35.6. The normalized spacial score (nSPS) is 25.8. The Kier molecular flexibility index (Phi) is 7.34. The second-order valence-corrected chi connectivity index (χ2v) is 21.0. The third kappa shape index (κ3) is 5.65. The minimum atomic E-state index is -2.33. The van der Waals surface area contributed by atoms with E-state index in [1.807, 2.05) is 0 Å². The van der Waals surface area contributed by atoms with Crippen molar-refractivity contribution in [1.82, 2.24) is 9.55 Å². The van der Waals surface area contributed by atoms with Crippen LogP contribution < -0.4 is 11.2 Å². The van der Waals surface area contributed by atoms with Gasteiger partial charge in [-0.2, -0.15) is 0 Å². The fourth-order valence-corrected chi connectivity index (χ4v) is 5.17. The van der Waals surface area contributed by atoms with Gasteiger partial charge in [0.1, 0.15) is 12.2 Å². The fraction of sp³-hybridized carbons (Fsp3) is 0.810. The standard InChI is InChI=1S/C21H39FN2O5Si2/c1-20(2,3)30(7,8)27-13-14-17(29-31(9,10)21(4,5)6)16(22)18(28-14)24-12-11-15(25)23-19(24)26/h11-12,14,16-18H,13H2,1-10H3,(H,23,25,26)/t14-,16-,17-,18-/m1/s1/i23+1. The fourth-order valence-electron chi connectivity index (χ4n) is 2.84. The van der Waals surface area contributed by atoms with Crippen molar-refractivity contribution in [3.05, 3.63) is 33.1 Å². The number of aromatic amines is 1. The molecule has 0 radical (unpaired) electrons. The van der Waals surface area contributed by atoms with Crippen molar-refractivity contribution in [3.63, 3.8) is 0 Å². The van der Waals surface area contributed by atoms with E-state index in [1.165, 1.54) is 12.3 Å². The van der Waals surface area contributed by atoms with Crippen molar-refractivity contribution in [2.24, 2.45) is 0 Å². The van der Waals surface area contributed by atoms with Crippen LogP contribution in [0.5, 0.6) is 0 Å². The van der Waals surface area contributed by atoms with Crippen LogP contribution >= 0.6 is 0 Å². The SMILES string of the molecule is CC(C)(C)[Si](C)(C)OC[C@H]1O[C@@H](n2ccc(=O)[15nH]c2=O)[C@H](F)[C@@H]1O[Si](C)(C)C(C)(C)C. The number of rotatable bonds is 6. The summed E-state index contributed by atoms with van der Waals surface area (Å²) in [5.41, 5.74) is -1.25. The molecule has 0 aliphatic carbocycles. The largest absolute Gasteiger partial charge is 0.414 e. The lowest BCUT2D eigenvalue weighted by molar-refractivity contribution is -0.0455. The molecular formula is C21H39FN2O5Si2. The molecule has 1 saturated heterocycles. The van der Waals surface area contributed by atoms with E-state index < -0.39 is 52.5 Å². The van der Waals surface area contributed by atoms with Crippen LogP contribution in [0.15, 0.2) is 21.9 Å². The van der Waals surface area contributed by atoms with Crippen LogP contribution in [-0.4, -0.2) is 51.2 Å². The lowest BCUT2D eigenvalue weighted by Crippen LogP contribution is -2.50. The highest BCUT2D eigenvalue weighted by atomic mass is 28.4. The maximum absolute atomic E-state index is 15.7. The van der Waals surface area contributed by atoms with Crippen LogP contribution in [0, 0.1) is 0 Å². The Morgan fingerprint density at radius 3 is 2.10 bits per heavy atom. The predicted octanol–water partition coefficient (Wildman–Crippen LogP) is 4.18. The number of hydrogen-bond acceptors (Lipinski definition) is 5. The summed E-state index contributed by atoms with van der Waals surface area (Å²) in [7, 11) is -4.43. The molecule has 178 valence electrons. The topological polar surface area (TPSA) is 82.5 Å². The zero-order valence-electron chi connectivity index (χ0n) is 20.5. The van der Waals surface area contributed by atoms with Crippen molar-refractivity contribution >= 4 is 16.6 Å². The van der Waals surface area contributed by atoms with Gasteiger partial charge in [0.05, 0.1) is 6.61 Å². The van der Waals surface area contributed by atoms with E-state index in [0.717, 1.165) is 4.57 Å². The number of ether oxygens (including phenoxy) is 1.